The molecule has 0 amide bonds. The quantitative estimate of drug-likeness (QED) is 0.344. The fourth-order valence-electron chi connectivity index (χ4n) is 4.70. The second-order valence-electron chi connectivity index (χ2n) is 8.70. The molecule has 0 N–H and O–H groups in total. The van der Waals surface area contributed by atoms with Gasteiger partial charge in [0.15, 0.2) is 0 Å². The predicted octanol–water partition coefficient (Wildman–Crippen LogP) is 7.82. The van der Waals surface area contributed by atoms with Crippen molar-refractivity contribution in [1.29, 1.82) is 0 Å². The first-order chi connectivity index (χ1) is 11.8. The van der Waals surface area contributed by atoms with E-state index >= 15 is 0 Å². The minimum Gasteiger partial charge on any atom is -0.148 e. The van der Waals surface area contributed by atoms with E-state index in [0.717, 1.165) is 0 Å². The lowest BCUT2D eigenvalue weighted by Crippen LogP contribution is -2.56. The smallest absolute Gasteiger partial charge is 0.0835 e. The molecule has 2 fully saturated rings. The SMILES string of the molecule is CC[Si](CC)(CC)C1(CCC2([Si](C)(C)C)SCCCS2)SCCCS1. The summed E-state index contributed by atoms with van der Waals surface area (Å²) >= 11 is 9.54. The maximum Gasteiger partial charge on any atom is 0.0835 e. The van der Waals surface area contributed by atoms with Crippen LogP contribution in [0, 0.1) is 0 Å². The van der Waals surface area contributed by atoms with Gasteiger partial charge in [0.25, 0.3) is 0 Å². The molecule has 0 atom stereocenters. The molecule has 0 unspecified atom stereocenters. The average Bonchev–Trinajstić information content (AvgIpc) is 2.63. The zero-order valence-corrected chi connectivity index (χ0v) is 22.7. The highest BCUT2D eigenvalue weighted by Gasteiger charge is 2.54. The summed E-state index contributed by atoms with van der Waals surface area (Å²) in [6, 6.07) is 4.46. The summed E-state index contributed by atoms with van der Waals surface area (Å²) in [5.74, 6) is 5.65. The maximum atomic E-state index is 2.64. The zero-order chi connectivity index (χ0) is 18.6. The highest BCUT2D eigenvalue weighted by atomic mass is 32.2. The van der Waals surface area contributed by atoms with Gasteiger partial charge < -0.3 is 0 Å². The van der Waals surface area contributed by atoms with E-state index in [1.54, 1.807) is 0 Å². The van der Waals surface area contributed by atoms with Gasteiger partial charge in [-0.15, -0.1) is 47.0 Å². The summed E-state index contributed by atoms with van der Waals surface area (Å²) in [5.41, 5.74) is 0. The Bertz CT molecular complexity index is 398. The molecule has 148 valence electrons. The van der Waals surface area contributed by atoms with Gasteiger partial charge >= 0.3 is 0 Å². The zero-order valence-electron chi connectivity index (χ0n) is 17.4. The van der Waals surface area contributed by atoms with Crippen molar-refractivity contribution in [3.05, 3.63) is 0 Å². The molecule has 0 saturated carbocycles. The molecule has 0 aromatic heterocycles. The van der Waals surface area contributed by atoms with E-state index in [9.17, 15) is 0 Å². The van der Waals surface area contributed by atoms with Crippen molar-refractivity contribution in [2.45, 2.75) is 91.6 Å². The van der Waals surface area contributed by atoms with Crippen LogP contribution in [-0.4, -0.2) is 46.6 Å². The van der Waals surface area contributed by atoms with E-state index in [0.29, 0.717) is 7.40 Å². The Morgan fingerprint density at radius 3 is 1.36 bits per heavy atom. The summed E-state index contributed by atoms with van der Waals surface area (Å²) in [7, 11) is -2.41. The molecule has 6 heteroatoms. The first-order valence-electron chi connectivity index (χ1n) is 10.4. The molecule has 0 spiro atoms. The fourth-order valence-corrected chi connectivity index (χ4v) is 24.6. The summed E-state index contributed by atoms with van der Waals surface area (Å²) in [6.45, 7) is 15.5. The van der Waals surface area contributed by atoms with E-state index in [1.165, 1.54) is 66.8 Å². The van der Waals surface area contributed by atoms with Crippen molar-refractivity contribution in [1.82, 2.24) is 0 Å². The summed E-state index contributed by atoms with van der Waals surface area (Å²) in [6.07, 6.45) is 5.83. The molecular weight excluding hydrogens is 413 g/mol. The van der Waals surface area contributed by atoms with Crippen LogP contribution in [0.1, 0.15) is 46.5 Å². The number of thioether (sulfide) groups is 4. The van der Waals surface area contributed by atoms with E-state index < -0.39 is 16.1 Å². The fraction of sp³-hybridized carbons (Fsp3) is 1.00. The molecule has 0 aliphatic carbocycles. The molecule has 0 radical (unpaired) electrons. The molecule has 0 aromatic carbocycles. The van der Waals surface area contributed by atoms with E-state index in [1.807, 2.05) is 0 Å². The third kappa shape index (κ3) is 4.71. The van der Waals surface area contributed by atoms with Crippen LogP contribution in [0.25, 0.3) is 0 Å². The maximum absolute atomic E-state index is 2.64. The molecule has 2 rings (SSSR count). The van der Waals surface area contributed by atoms with Crippen LogP contribution >= 0.6 is 47.0 Å². The van der Waals surface area contributed by atoms with Crippen molar-refractivity contribution < 1.29 is 0 Å². The lowest BCUT2D eigenvalue weighted by Gasteiger charge is -2.53. The molecule has 0 bridgehead atoms. The van der Waals surface area contributed by atoms with E-state index in [-0.39, 0.29) is 0 Å². The van der Waals surface area contributed by atoms with E-state index in [2.05, 4.69) is 87.5 Å². The minimum absolute atomic E-state index is 0.576. The predicted molar refractivity (Wildman–Crippen MR) is 134 cm³/mol. The molecule has 0 aromatic rings. The van der Waals surface area contributed by atoms with E-state index in [4.69, 9.17) is 0 Å². The summed E-state index contributed by atoms with van der Waals surface area (Å²) < 4.78 is 1.18. The Labute approximate surface area is 177 Å². The van der Waals surface area contributed by atoms with Gasteiger partial charge in [0, 0.05) is 0 Å². The highest BCUT2D eigenvalue weighted by Crippen LogP contribution is 2.59. The van der Waals surface area contributed by atoms with Crippen LogP contribution in [0.3, 0.4) is 0 Å². The van der Waals surface area contributed by atoms with Crippen molar-refractivity contribution in [2.24, 2.45) is 0 Å². The largest absolute Gasteiger partial charge is 0.148 e. The molecule has 2 heterocycles. The second-order valence-corrected chi connectivity index (χ2v) is 27.1. The molecule has 2 aliphatic rings. The average molecular weight is 453 g/mol. The topological polar surface area (TPSA) is 0 Å². The third-order valence-corrected chi connectivity index (χ3v) is 29.2. The second kappa shape index (κ2) is 9.56. The Morgan fingerprint density at radius 2 is 1.00 bits per heavy atom. The minimum atomic E-state index is -1.22. The Morgan fingerprint density at radius 1 is 0.640 bits per heavy atom. The number of hydrogen-bond donors (Lipinski definition) is 0. The molecule has 2 aliphatic heterocycles. The van der Waals surface area contributed by atoms with Crippen molar-refractivity contribution >= 4 is 63.2 Å². The van der Waals surface area contributed by atoms with Crippen LogP contribution in [0.4, 0.5) is 0 Å². The Kier molecular flexibility index (Phi) is 8.84. The van der Waals surface area contributed by atoms with Gasteiger partial charge in [0.2, 0.25) is 0 Å². The van der Waals surface area contributed by atoms with Gasteiger partial charge in [0.1, 0.15) is 0 Å². The molecular formula is C19H40S4Si2. The van der Waals surface area contributed by atoms with Gasteiger partial charge in [-0.1, -0.05) is 58.5 Å². The third-order valence-electron chi connectivity index (χ3n) is 6.68. The molecule has 25 heavy (non-hydrogen) atoms. The standard InChI is InChI=1S/C19H40S4Si2/c1-7-25(8-2,9-3)19(22-16-11-17-23-19)13-12-18(24(4,5)6)20-14-10-15-21-18/h7-17H2,1-6H3. The van der Waals surface area contributed by atoms with Gasteiger partial charge in [-0.3, -0.25) is 0 Å². The molecule has 0 nitrogen and oxygen atoms in total. The lowest BCUT2D eigenvalue weighted by atomic mass is 10.3. The summed E-state index contributed by atoms with van der Waals surface area (Å²) in [4.78, 5) is 0. The van der Waals surface area contributed by atoms with Crippen LogP contribution in [-0.2, 0) is 0 Å². The van der Waals surface area contributed by atoms with Gasteiger partial charge in [-0.2, -0.15) is 0 Å². The first kappa shape index (κ1) is 23.1. The Balaban J connectivity index is 2.27. The Hall–Kier alpha value is 1.83. The monoisotopic (exact) mass is 452 g/mol. The van der Waals surface area contributed by atoms with Crippen molar-refractivity contribution in [3.63, 3.8) is 0 Å². The highest BCUT2D eigenvalue weighted by molar-refractivity contribution is 8.22. The number of rotatable bonds is 8. The van der Waals surface area contributed by atoms with Gasteiger partial charge in [-0.25, -0.2) is 0 Å². The van der Waals surface area contributed by atoms with Gasteiger partial charge in [0.05, 0.1) is 23.6 Å². The van der Waals surface area contributed by atoms with Crippen molar-refractivity contribution in [2.75, 3.05) is 23.0 Å². The van der Waals surface area contributed by atoms with Crippen LogP contribution in [0.2, 0.25) is 37.8 Å². The number of hydrogen-bond acceptors (Lipinski definition) is 4. The summed E-state index contributed by atoms with van der Waals surface area (Å²) in [5, 5.41) is 0. The van der Waals surface area contributed by atoms with Crippen LogP contribution in [0.15, 0.2) is 0 Å². The lowest BCUT2D eigenvalue weighted by molar-refractivity contribution is 0.744. The van der Waals surface area contributed by atoms with Crippen LogP contribution in [0.5, 0.6) is 0 Å². The van der Waals surface area contributed by atoms with Crippen molar-refractivity contribution in [3.8, 4) is 0 Å². The molecule has 2 saturated heterocycles. The normalized spacial score (nSPS) is 24.2. The van der Waals surface area contributed by atoms with Crippen LogP contribution < -0.4 is 0 Å². The first-order valence-corrected chi connectivity index (χ1v) is 20.4. The van der Waals surface area contributed by atoms with Gasteiger partial charge in [-0.05, 0) is 48.7 Å².